The summed E-state index contributed by atoms with van der Waals surface area (Å²) in [6, 6.07) is 0. The summed E-state index contributed by atoms with van der Waals surface area (Å²) in [6.07, 6.45) is -0.862. The fraction of sp³-hybridized carbons (Fsp3) is 0.900. The van der Waals surface area contributed by atoms with Gasteiger partial charge in [-0.05, 0) is 40.2 Å². The van der Waals surface area contributed by atoms with Crippen LogP contribution in [0.1, 0.15) is 33.6 Å². The van der Waals surface area contributed by atoms with E-state index in [4.69, 9.17) is 10.5 Å². The van der Waals surface area contributed by atoms with Crippen LogP contribution in [0, 0.1) is 0 Å². The van der Waals surface area contributed by atoms with Crippen LogP contribution in [-0.2, 0) is 4.74 Å². The van der Waals surface area contributed by atoms with Crippen molar-refractivity contribution in [3.63, 3.8) is 0 Å². The maximum Gasteiger partial charge on any atom is 0.407 e. The molecule has 0 radical (unpaired) electrons. The van der Waals surface area contributed by atoms with E-state index >= 15 is 0 Å². The average molecular weight is 220 g/mol. The van der Waals surface area contributed by atoms with Gasteiger partial charge in [0, 0.05) is 6.54 Å². The first-order chi connectivity index (χ1) is 6.85. The zero-order valence-electron chi connectivity index (χ0n) is 9.68. The van der Waals surface area contributed by atoms with Crippen LogP contribution < -0.4 is 11.1 Å². The molecule has 0 saturated carbocycles. The molecule has 5 heteroatoms. The third-order valence-corrected chi connectivity index (χ3v) is 1.61. The smallest absolute Gasteiger partial charge is 0.407 e. The number of alkyl halides is 1. The normalized spacial score (nSPS) is 13.4. The van der Waals surface area contributed by atoms with Crippen LogP contribution >= 0.6 is 0 Å². The molecule has 0 heterocycles. The summed E-state index contributed by atoms with van der Waals surface area (Å²) >= 11 is 0. The predicted octanol–water partition coefficient (Wildman–Crippen LogP) is 1.59. The van der Waals surface area contributed by atoms with Crippen LogP contribution in [0.25, 0.3) is 0 Å². The largest absolute Gasteiger partial charge is 0.444 e. The summed E-state index contributed by atoms with van der Waals surface area (Å²) in [5.41, 5.74) is 4.67. The van der Waals surface area contributed by atoms with Gasteiger partial charge in [-0.15, -0.1) is 0 Å². The third kappa shape index (κ3) is 9.46. The van der Waals surface area contributed by atoms with Crippen molar-refractivity contribution in [1.29, 1.82) is 0 Å². The Morgan fingerprint density at radius 3 is 2.53 bits per heavy atom. The van der Waals surface area contributed by atoms with Gasteiger partial charge in [0.05, 0.1) is 0 Å². The fourth-order valence-corrected chi connectivity index (χ4v) is 0.970. The first kappa shape index (κ1) is 14.2. The van der Waals surface area contributed by atoms with Crippen molar-refractivity contribution in [2.75, 3.05) is 13.1 Å². The van der Waals surface area contributed by atoms with E-state index in [1.165, 1.54) is 0 Å². The van der Waals surface area contributed by atoms with Crippen molar-refractivity contribution in [3.05, 3.63) is 0 Å². The number of halogens is 1. The van der Waals surface area contributed by atoms with Gasteiger partial charge >= 0.3 is 6.09 Å². The van der Waals surface area contributed by atoms with Gasteiger partial charge in [-0.25, -0.2) is 9.18 Å². The Bertz CT molecular complexity index is 192. The van der Waals surface area contributed by atoms with E-state index in [0.29, 0.717) is 13.0 Å². The number of ether oxygens (including phenoxy) is 1. The van der Waals surface area contributed by atoms with Gasteiger partial charge in [-0.2, -0.15) is 0 Å². The second-order valence-corrected chi connectivity index (χ2v) is 4.39. The number of carbonyl (C=O) groups excluding carboxylic acids is 1. The lowest BCUT2D eigenvalue weighted by Crippen LogP contribution is -2.33. The number of rotatable bonds is 5. The number of hydrogen-bond donors (Lipinski definition) is 2. The average Bonchev–Trinajstić information content (AvgIpc) is 2.00. The summed E-state index contributed by atoms with van der Waals surface area (Å²) in [7, 11) is 0. The summed E-state index contributed by atoms with van der Waals surface area (Å²) in [5, 5.41) is 2.49. The molecule has 3 N–H and O–H groups in total. The number of carbonyl (C=O) groups is 1. The van der Waals surface area contributed by atoms with Crippen molar-refractivity contribution in [2.45, 2.75) is 45.4 Å². The Kier molecular flexibility index (Phi) is 6.24. The van der Waals surface area contributed by atoms with E-state index in [-0.39, 0.29) is 13.0 Å². The van der Waals surface area contributed by atoms with Gasteiger partial charge in [-0.3, -0.25) is 0 Å². The zero-order chi connectivity index (χ0) is 11.9. The van der Waals surface area contributed by atoms with Crippen molar-refractivity contribution in [3.8, 4) is 0 Å². The molecular weight excluding hydrogens is 199 g/mol. The molecule has 4 nitrogen and oxygen atoms in total. The van der Waals surface area contributed by atoms with Crippen molar-refractivity contribution in [2.24, 2.45) is 5.73 Å². The SMILES string of the molecule is CC(C)(C)OC(=O)NCCC(F)CCN. The van der Waals surface area contributed by atoms with E-state index in [1.807, 2.05) is 0 Å². The Labute approximate surface area is 90.4 Å². The highest BCUT2D eigenvalue weighted by Crippen LogP contribution is 2.06. The molecule has 0 bridgehead atoms. The summed E-state index contributed by atoms with van der Waals surface area (Å²) in [4.78, 5) is 11.1. The number of nitrogens with one attached hydrogen (secondary N) is 1. The number of nitrogens with two attached hydrogens (primary N) is 1. The molecule has 0 aromatic carbocycles. The van der Waals surface area contributed by atoms with Crippen LogP contribution in [0.3, 0.4) is 0 Å². The third-order valence-electron chi connectivity index (χ3n) is 1.61. The van der Waals surface area contributed by atoms with E-state index < -0.39 is 17.9 Å². The molecule has 0 aliphatic carbocycles. The van der Waals surface area contributed by atoms with E-state index in [0.717, 1.165) is 0 Å². The van der Waals surface area contributed by atoms with Gasteiger partial charge in [0.25, 0.3) is 0 Å². The highest BCUT2D eigenvalue weighted by atomic mass is 19.1. The number of hydrogen-bond acceptors (Lipinski definition) is 3. The monoisotopic (exact) mass is 220 g/mol. The second-order valence-electron chi connectivity index (χ2n) is 4.39. The topological polar surface area (TPSA) is 64.3 Å². The molecule has 0 fully saturated rings. The van der Waals surface area contributed by atoms with E-state index in [9.17, 15) is 9.18 Å². The van der Waals surface area contributed by atoms with Crippen molar-refractivity contribution in [1.82, 2.24) is 5.32 Å². The highest BCUT2D eigenvalue weighted by Gasteiger charge is 2.15. The van der Waals surface area contributed by atoms with Gasteiger partial charge in [-0.1, -0.05) is 0 Å². The maximum absolute atomic E-state index is 12.9. The first-order valence-electron chi connectivity index (χ1n) is 5.16. The maximum atomic E-state index is 12.9. The molecule has 15 heavy (non-hydrogen) atoms. The predicted molar refractivity (Wildman–Crippen MR) is 57.4 cm³/mol. The molecule has 90 valence electrons. The first-order valence-corrected chi connectivity index (χ1v) is 5.16. The molecular formula is C10H21FN2O2. The lowest BCUT2D eigenvalue weighted by Gasteiger charge is -2.19. The quantitative estimate of drug-likeness (QED) is 0.739. The van der Waals surface area contributed by atoms with Crippen LogP contribution in [0.4, 0.5) is 9.18 Å². The van der Waals surface area contributed by atoms with Crippen molar-refractivity contribution >= 4 is 6.09 Å². The number of amides is 1. The fourth-order valence-electron chi connectivity index (χ4n) is 0.970. The molecule has 0 spiro atoms. The highest BCUT2D eigenvalue weighted by molar-refractivity contribution is 5.67. The molecule has 0 rings (SSSR count). The molecule has 1 amide bonds. The molecule has 0 aliphatic heterocycles. The Hall–Kier alpha value is -0.840. The van der Waals surface area contributed by atoms with E-state index in [1.54, 1.807) is 20.8 Å². The van der Waals surface area contributed by atoms with Gasteiger partial charge in [0.15, 0.2) is 0 Å². The van der Waals surface area contributed by atoms with Crippen LogP contribution in [0.15, 0.2) is 0 Å². The van der Waals surface area contributed by atoms with E-state index in [2.05, 4.69) is 5.32 Å². The molecule has 0 saturated heterocycles. The van der Waals surface area contributed by atoms with Crippen LogP contribution in [0.2, 0.25) is 0 Å². The Morgan fingerprint density at radius 1 is 1.47 bits per heavy atom. The van der Waals surface area contributed by atoms with Crippen LogP contribution in [-0.4, -0.2) is 31.0 Å². The standard InChI is InChI=1S/C10H21FN2O2/c1-10(2,3)15-9(14)13-7-5-8(11)4-6-12/h8H,4-7,12H2,1-3H3,(H,13,14). The molecule has 1 atom stereocenters. The molecule has 1 unspecified atom stereocenters. The minimum atomic E-state index is -0.954. The summed E-state index contributed by atoms with van der Waals surface area (Å²) < 4.78 is 17.9. The zero-order valence-corrected chi connectivity index (χ0v) is 9.68. The Morgan fingerprint density at radius 2 is 2.07 bits per heavy atom. The van der Waals surface area contributed by atoms with Gasteiger partial charge in [0.1, 0.15) is 11.8 Å². The van der Waals surface area contributed by atoms with Crippen molar-refractivity contribution < 1.29 is 13.9 Å². The lowest BCUT2D eigenvalue weighted by molar-refractivity contribution is 0.0524. The van der Waals surface area contributed by atoms with Crippen LogP contribution in [0.5, 0.6) is 0 Å². The summed E-state index contributed by atoms with van der Waals surface area (Å²) in [5.74, 6) is 0. The Balaban J connectivity index is 3.55. The molecule has 0 aromatic rings. The molecule has 0 aromatic heterocycles. The summed E-state index contributed by atoms with van der Waals surface area (Å²) in [6.45, 7) is 5.93. The minimum Gasteiger partial charge on any atom is -0.444 e. The number of alkyl carbamates (subject to hydrolysis) is 1. The molecule has 0 aliphatic rings. The lowest BCUT2D eigenvalue weighted by atomic mass is 10.2. The van der Waals surface area contributed by atoms with Gasteiger partial charge in [0.2, 0.25) is 0 Å². The second kappa shape index (κ2) is 6.61. The minimum absolute atomic E-state index is 0.274. The van der Waals surface area contributed by atoms with Gasteiger partial charge < -0.3 is 15.8 Å².